The third-order valence-corrected chi connectivity index (χ3v) is 3.51. The first-order chi connectivity index (χ1) is 7.16. The van der Waals surface area contributed by atoms with E-state index >= 15 is 0 Å². The third-order valence-electron chi connectivity index (χ3n) is 2.32. The number of aryl methyl sites for hydroxylation is 1. The minimum absolute atomic E-state index is 0.521. The van der Waals surface area contributed by atoms with Gasteiger partial charge in [0, 0.05) is 23.7 Å². The summed E-state index contributed by atoms with van der Waals surface area (Å²) < 4.78 is 2.11. The molecular weight excluding hydrogens is 206 g/mol. The SMILES string of the molecule is Cc1nccn1Cc1csc(C(C)C)n1. The maximum Gasteiger partial charge on any atom is 0.105 e. The molecule has 3 nitrogen and oxygen atoms in total. The molecule has 2 heterocycles. The molecule has 0 N–H and O–H groups in total. The average Bonchev–Trinajstić information content (AvgIpc) is 2.77. The molecule has 4 heteroatoms. The number of nitrogens with zero attached hydrogens (tertiary/aromatic N) is 3. The van der Waals surface area contributed by atoms with Gasteiger partial charge >= 0.3 is 0 Å². The molecule has 2 rings (SSSR count). The second-order valence-electron chi connectivity index (χ2n) is 3.93. The first-order valence-corrected chi connectivity index (χ1v) is 5.97. The summed E-state index contributed by atoms with van der Waals surface area (Å²) in [6.45, 7) is 7.18. The highest BCUT2D eigenvalue weighted by molar-refractivity contribution is 7.09. The molecule has 0 spiro atoms. The van der Waals surface area contributed by atoms with Crippen LogP contribution in [0.15, 0.2) is 17.8 Å². The van der Waals surface area contributed by atoms with Crippen molar-refractivity contribution in [2.45, 2.75) is 33.2 Å². The number of imidazole rings is 1. The van der Waals surface area contributed by atoms with Crippen LogP contribution in [0, 0.1) is 6.92 Å². The van der Waals surface area contributed by atoms with Crippen molar-refractivity contribution < 1.29 is 0 Å². The van der Waals surface area contributed by atoms with Crippen molar-refractivity contribution in [3.05, 3.63) is 34.3 Å². The zero-order chi connectivity index (χ0) is 10.8. The molecule has 0 bridgehead atoms. The lowest BCUT2D eigenvalue weighted by atomic mass is 10.2. The van der Waals surface area contributed by atoms with Gasteiger partial charge in [-0.3, -0.25) is 0 Å². The van der Waals surface area contributed by atoms with Gasteiger partial charge < -0.3 is 4.57 Å². The van der Waals surface area contributed by atoms with Gasteiger partial charge in [0.2, 0.25) is 0 Å². The summed E-state index contributed by atoms with van der Waals surface area (Å²) in [5, 5.41) is 3.34. The molecule has 0 aliphatic heterocycles. The van der Waals surface area contributed by atoms with Crippen LogP contribution < -0.4 is 0 Å². The van der Waals surface area contributed by atoms with Crippen molar-refractivity contribution in [2.24, 2.45) is 0 Å². The summed E-state index contributed by atoms with van der Waals surface area (Å²) in [6, 6.07) is 0. The number of hydrogen-bond donors (Lipinski definition) is 0. The Bertz CT molecular complexity index is 442. The summed E-state index contributed by atoms with van der Waals surface area (Å²) in [4.78, 5) is 8.79. The monoisotopic (exact) mass is 221 g/mol. The normalized spacial score (nSPS) is 11.2. The van der Waals surface area contributed by atoms with E-state index in [9.17, 15) is 0 Å². The first kappa shape index (κ1) is 10.4. The largest absolute Gasteiger partial charge is 0.329 e. The van der Waals surface area contributed by atoms with Crippen LogP contribution in [0.3, 0.4) is 0 Å². The summed E-state index contributed by atoms with van der Waals surface area (Å²) >= 11 is 1.74. The zero-order valence-corrected chi connectivity index (χ0v) is 10.1. The van der Waals surface area contributed by atoms with E-state index in [1.54, 1.807) is 11.3 Å². The van der Waals surface area contributed by atoms with Crippen molar-refractivity contribution >= 4 is 11.3 Å². The minimum atomic E-state index is 0.521. The van der Waals surface area contributed by atoms with Crippen LogP contribution in [-0.2, 0) is 6.54 Å². The smallest absolute Gasteiger partial charge is 0.105 e. The van der Waals surface area contributed by atoms with Gasteiger partial charge in [-0.2, -0.15) is 0 Å². The van der Waals surface area contributed by atoms with Crippen LogP contribution in [-0.4, -0.2) is 14.5 Å². The van der Waals surface area contributed by atoms with Crippen molar-refractivity contribution in [2.75, 3.05) is 0 Å². The molecule has 2 aromatic rings. The Labute approximate surface area is 93.8 Å². The number of hydrogen-bond acceptors (Lipinski definition) is 3. The molecule has 0 aliphatic carbocycles. The molecule has 0 amide bonds. The Morgan fingerprint density at radius 1 is 1.47 bits per heavy atom. The Hall–Kier alpha value is -1.16. The fourth-order valence-electron chi connectivity index (χ4n) is 1.41. The van der Waals surface area contributed by atoms with Crippen molar-refractivity contribution in [3.8, 4) is 0 Å². The van der Waals surface area contributed by atoms with E-state index in [1.165, 1.54) is 5.01 Å². The van der Waals surface area contributed by atoms with Gasteiger partial charge in [-0.15, -0.1) is 11.3 Å². The summed E-state index contributed by atoms with van der Waals surface area (Å²) in [6.07, 6.45) is 3.81. The molecule has 15 heavy (non-hydrogen) atoms. The van der Waals surface area contributed by atoms with E-state index in [1.807, 2.05) is 19.3 Å². The van der Waals surface area contributed by atoms with Gasteiger partial charge in [-0.05, 0) is 6.92 Å². The molecule has 2 aromatic heterocycles. The number of rotatable bonds is 3. The molecule has 0 aromatic carbocycles. The predicted molar refractivity (Wildman–Crippen MR) is 62.3 cm³/mol. The molecule has 0 saturated heterocycles. The molecule has 0 aliphatic rings. The Kier molecular flexibility index (Phi) is 2.86. The molecule has 0 fully saturated rings. The fourth-order valence-corrected chi connectivity index (χ4v) is 2.23. The summed E-state index contributed by atoms with van der Waals surface area (Å²) in [5.41, 5.74) is 1.13. The van der Waals surface area contributed by atoms with Crippen LogP contribution in [0.25, 0.3) is 0 Å². The maximum atomic E-state index is 4.60. The molecule has 0 saturated carbocycles. The highest BCUT2D eigenvalue weighted by Crippen LogP contribution is 2.19. The predicted octanol–water partition coefficient (Wildman–Crippen LogP) is 2.82. The number of thiazole rings is 1. The Balaban J connectivity index is 2.15. The lowest BCUT2D eigenvalue weighted by Crippen LogP contribution is -2.01. The van der Waals surface area contributed by atoms with E-state index in [4.69, 9.17) is 0 Å². The van der Waals surface area contributed by atoms with Crippen LogP contribution in [0.2, 0.25) is 0 Å². The molecular formula is C11H15N3S. The zero-order valence-electron chi connectivity index (χ0n) is 9.27. The molecule has 80 valence electrons. The highest BCUT2D eigenvalue weighted by Gasteiger charge is 2.06. The number of aromatic nitrogens is 3. The van der Waals surface area contributed by atoms with Crippen LogP contribution in [0.5, 0.6) is 0 Å². The lowest BCUT2D eigenvalue weighted by Gasteiger charge is -2.01. The second-order valence-corrected chi connectivity index (χ2v) is 4.82. The highest BCUT2D eigenvalue weighted by atomic mass is 32.1. The molecule has 0 radical (unpaired) electrons. The molecule has 0 atom stereocenters. The lowest BCUT2D eigenvalue weighted by molar-refractivity contribution is 0.736. The van der Waals surface area contributed by atoms with Gasteiger partial charge in [0.05, 0.1) is 17.2 Å². The minimum Gasteiger partial charge on any atom is -0.329 e. The van der Waals surface area contributed by atoms with Gasteiger partial charge in [0.25, 0.3) is 0 Å². The van der Waals surface area contributed by atoms with Crippen molar-refractivity contribution in [1.29, 1.82) is 0 Å². The Morgan fingerprint density at radius 3 is 2.80 bits per heavy atom. The standard InChI is InChI=1S/C11H15N3S/c1-8(2)11-13-10(7-15-11)6-14-5-4-12-9(14)3/h4-5,7-8H,6H2,1-3H3. The summed E-state index contributed by atoms with van der Waals surface area (Å²) in [5.74, 6) is 1.56. The maximum absolute atomic E-state index is 4.60. The first-order valence-electron chi connectivity index (χ1n) is 5.09. The van der Waals surface area contributed by atoms with E-state index in [0.29, 0.717) is 5.92 Å². The van der Waals surface area contributed by atoms with Crippen molar-refractivity contribution in [3.63, 3.8) is 0 Å². The van der Waals surface area contributed by atoms with Crippen LogP contribution in [0.1, 0.15) is 36.3 Å². The second kappa shape index (κ2) is 4.14. The summed E-state index contributed by atoms with van der Waals surface area (Å²) in [7, 11) is 0. The van der Waals surface area contributed by atoms with Crippen LogP contribution >= 0.6 is 11.3 Å². The van der Waals surface area contributed by atoms with Crippen molar-refractivity contribution in [1.82, 2.24) is 14.5 Å². The van der Waals surface area contributed by atoms with E-state index in [0.717, 1.165) is 18.1 Å². The van der Waals surface area contributed by atoms with Gasteiger partial charge in [-0.1, -0.05) is 13.8 Å². The van der Waals surface area contributed by atoms with E-state index in [2.05, 4.69) is 33.8 Å². The topological polar surface area (TPSA) is 30.7 Å². The quantitative estimate of drug-likeness (QED) is 0.798. The van der Waals surface area contributed by atoms with Gasteiger partial charge in [0.1, 0.15) is 5.82 Å². The van der Waals surface area contributed by atoms with Gasteiger partial charge in [0.15, 0.2) is 0 Å². The van der Waals surface area contributed by atoms with E-state index in [-0.39, 0.29) is 0 Å². The third kappa shape index (κ3) is 2.26. The Morgan fingerprint density at radius 2 is 2.27 bits per heavy atom. The fraction of sp³-hybridized carbons (Fsp3) is 0.455. The average molecular weight is 221 g/mol. The van der Waals surface area contributed by atoms with Gasteiger partial charge in [-0.25, -0.2) is 9.97 Å². The van der Waals surface area contributed by atoms with E-state index < -0.39 is 0 Å². The van der Waals surface area contributed by atoms with Crippen LogP contribution in [0.4, 0.5) is 0 Å². The molecule has 0 unspecified atom stereocenters.